The average molecular weight is 328 g/mol. The molecule has 0 N–H and O–H groups in total. The third kappa shape index (κ3) is 2.64. The van der Waals surface area contributed by atoms with E-state index in [1.165, 1.54) is 26.4 Å². The van der Waals surface area contributed by atoms with E-state index in [1.54, 1.807) is 24.3 Å². The maximum Gasteiger partial charge on any atom is 0.210 e. The topological polar surface area (TPSA) is 52.6 Å². The zero-order valence-electron chi connectivity index (χ0n) is 12.8. The Kier molecular flexibility index (Phi) is 3.96. The summed E-state index contributed by atoms with van der Waals surface area (Å²) < 4.78 is 36.4. The predicted molar refractivity (Wildman–Crippen MR) is 88.9 cm³/mol. The highest BCUT2D eigenvalue weighted by atomic mass is 32.2. The minimum atomic E-state index is -3.68. The molecule has 0 spiro atoms. The van der Waals surface area contributed by atoms with Crippen molar-refractivity contribution in [3.05, 3.63) is 60.7 Å². The Morgan fingerprint density at radius 3 is 2.13 bits per heavy atom. The SMILES string of the molecule is COc1ccc(S(=O)(=O)c2ccc3ccccc3c2OC)cc1. The standard InChI is InChI=1S/C18H16O4S/c1-21-14-8-10-15(11-9-14)23(19,20)17-12-7-13-5-3-4-6-16(13)18(17)22-2/h3-12H,1-2H3. The second-order valence-corrected chi connectivity index (χ2v) is 6.92. The molecule has 0 radical (unpaired) electrons. The van der Waals surface area contributed by atoms with Crippen LogP contribution in [0.5, 0.6) is 11.5 Å². The fraction of sp³-hybridized carbons (Fsp3) is 0.111. The van der Waals surface area contributed by atoms with Crippen molar-refractivity contribution in [1.82, 2.24) is 0 Å². The van der Waals surface area contributed by atoms with Gasteiger partial charge in [0.15, 0.2) is 0 Å². The van der Waals surface area contributed by atoms with Crippen LogP contribution in [0.15, 0.2) is 70.5 Å². The summed E-state index contributed by atoms with van der Waals surface area (Å²) in [6.07, 6.45) is 0. The summed E-state index contributed by atoms with van der Waals surface area (Å²) in [6.45, 7) is 0. The first-order valence-corrected chi connectivity index (χ1v) is 8.51. The first-order chi connectivity index (χ1) is 11.1. The maximum absolute atomic E-state index is 12.9. The third-order valence-corrected chi connectivity index (χ3v) is 5.50. The van der Waals surface area contributed by atoms with Crippen molar-refractivity contribution in [2.24, 2.45) is 0 Å². The molecule has 0 amide bonds. The number of benzene rings is 3. The van der Waals surface area contributed by atoms with Crippen LogP contribution >= 0.6 is 0 Å². The Bertz CT molecular complexity index is 944. The number of ether oxygens (including phenoxy) is 2. The molecule has 3 rings (SSSR count). The van der Waals surface area contributed by atoms with Gasteiger partial charge >= 0.3 is 0 Å². The second-order valence-electron chi connectivity index (χ2n) is 5.00. The molecule has 0 saturated heterocycles. The van der Waals surface area contributed by atoms with Crippen LogP contribution < -0.4 is 9.47 Å². The quantitative estimate of drug-likeness (QED) is 0.733. The summed E-state index contributed by atoms with van der Waals surface area (Å²) in [5.41, 5.74) is 0. The number of sulfone groups is 1. The fourth-order valence-electron chi connectivity index (χ4n) is 2.53. The molecule has 0 saturated carbocycles. The van der Waals surface area contributed by atoms with E-state index in [1.807, 2.05) is 24.3 Å². The van der Waals surface area contributed by atoms with Gasteiger partial charge in [-0.15, -0.1) is 0 Å². The Morgan fingerprint density at radius 1 is 0.783 bits per heavy atom. The van der Waals surface area contributed by atoms with E-state index in [9.17, 15) is 8.42 Å². The molecule has 0 fully saturated rings. The van der Waals surface area contributed by atoms with Gasteiger partial charge < -0.3 is 9.47 Å². The van der Waals surface area contributed by atoms with Crippen LogP contribution in [0.2, 0.25) is 0 Å². The van der Waals surface area contributed by atoms with E-state index in [-0.39, 0.29) is 9.79 Å². The number of rotatable bonds is 4. The molecular weight excluding hydrogens is 312 g/mol. The summed E-state index contributed by atoms with van der Waals surface area (Å²) in [7, 11) is -0.660. The summed E-state index contributed by atoms with van der Waals surface area (Å²) in [5, 5.41) is 1.70. The molecule has 0 bridgehead atoms. The van der Waals surface area contributed by atoms with Crippen molar-refractivity contribution in [3.63, 3.8) is 0 Å². The van der Waals surface area contributed by atoms with Gasteiger partial charge in [0.05, 0.1) is 19.1 Å². The zero-order valence-corrected chi connectivity index (χ0v) is 13.6. The third-order valence-electron chi connectivity index (χ3n) is 3.71. The highest BCUT2D eigenvalue weighted by Gasteiger charge is 2.23. The molecule has 0 unspecified atom stereocenters. The molecule has 0 aliphatic rings. The van der Waals surface area contributed by atoms with Gasteiger partial charge in [0.1, 0.15) is 16.4 Å². The molecule has 118 valence electrons. The summed E-state index contributed by atoms with van der Waals surface area (Å²) >= 11 is 0. The molecule has 0 atom stereocenters. The van der Waals surface area contributed by atoms with Crippen molar-refractivity contribution < 1.29 is 17.9 Å². The fourth-order valence-corrected chi connectivity index (χ4v) is 3.96. The first kappa shape index (κ1) is 15.4. The monoisotopic (exact) mass is 328 g/mol. The van der Waals surface area contributed by atoms with E-state index in [0.717, 1.165) is 10.8 Å². The van der Waals surface area contributed by atoms with Gasteiger partial charge in [0, 0.05) is 5.39 Å². The number of hydrogen-bond donors (Lipinski definition) is 0. The summed E-state index contributed by atoms with van der Waals surface area (Å²) in [5.74, 6) is 0.966. The van der Waals surface area contributed by atoms with Crippen LogP contribution in [0, 0.1) is 0 Å². The molecule has 23 heavy (non-hydrogen) atoms. The van der Waals surface area contributed by atoms with E-state index in [4.69, 9.17) is 9.47 Å². The van der Waals surface area contributed by atoms with Crippen molar-refractivity contribution in [2.45, 2.75) is 9.79 Å². The van der Waals surface area contributed by atoms with E-state index in [0.29, 0.717) is 11.5 Å². The molecule has 3 aromatic carbocycles. The summed E-state index contributed by atoms with van der Waals surface area (Å²) in [4.78, 5) is 0.357. The van der Waals surface area contributed by atoms with E-state index in [2.05, 4.69) is 0 Å². The van der Waals surface area contributed by atoms with Crippen LogP contribution in [0.1, 0.15) is 0 Å². The van der Waals surface area contributed by atoms with Crippen LogP contribution in [0.25, 0.3) is 10.8 Å². The van der Waals surface area contributed by atoms with E-state index < -0.39 is 9.84 Å². The van der Waals surface area contributed by atoms with Crippen molar-refractivity contribution in [1.29, 1.82) is 0 Å². The Balaban J connectivity index is 2.21. The maximum atomic E-state index is 12.9. The van der Waals surface area contributed by atoms with Crippen LogP contribution in [-0.4, -0.2) is 22.6 Å². The highest BCUT2D eigenvalue weighted by molar-refractivity contribution is 7.91. The van der Waals surface area contributed by atoms with Gasteiger partial charge in [-0.2, -0.15) is 0 Å². The van der Waals surface area contributed by atoms with E-state index >= 15 is 0 Å². The summed E-state index contributed by atoms with van der Waals surface area (Å²) in [6, 6.07) is 17.2. The Morgan fingerprint density at radius 2 is 1.48 bits per heavy atom. The molecule has 0 aliphatic carbocycles. The first-order valence-electron chi connectivity index (χ1n) is 7.03. The lowest BCUT2D eigenvalue weighted by molar-refractivity contribution is 0.408. The molecule has 5 heteroatoms. The largest absolute Gasteiger partial charge is 0.497 e. The second kappa shape index (κ2) is 5.93. The Labute approximate surface area is 135 Å². The number of fused-ring (bicyclic) bond motifs is 1. The van der Waals surface area contributed by atoms with Gasteiger partial charge in [-0.05, 0) is 35.7 Å². The number of hydrogen-bond acceptors (Lipinski definition) is 4. The lowest BCUT2D eigenvalue weighted by Crippen LogP contribution is -2.05. The molecular formula is C18H16O4S. The molecule has 3 aromatic rings. The smallest absolute Gasteiger partial charge is 0.210 e. The predicted octanol–water partition coefficient (Wildman–Crippen LogP) is 3.69. The van der Waals surface area contributed by atoms with Crippen molar-refractivity contribution in [2.75, 3.05) is 14.2 Å². The van der Waals surface area contributed by atoms with Crippen molar-refractivity contribution in [3.8, 4) is 11.5 Å². The highest BCUT2D eigenvalue weighted by Crippen LogP contribution is 2.36. The molecule has 0 aliphatic heterocycles. The van der Waals surface area contributed by atoms with Crippen molar-refractivity contribution >= 4 is 20.6 Å². The van der Waals surface area contributed by atoms with Gasteiger partial charge in [-0.1, -0.05) is 30.3 Å². The van der Waals surface area contributed by atoms with Gasteiger partial charge in [-0.3, -0.25) is 0 Å². The van der Waals surface area contributed by atoms with Crippen LogP contribution in [-0.2, 0) is 9.84 Å². The Hall–Kier alpha value is -2.53. The van der Waals surface area contributed by atoms with Crippen LogP contribution in [0.4, 0.5) is 0 Å². The minimum absolute atomic E-state index is 0.156. The lowest BCUT2D eigenvalue weighted by atomic mass is 10.1. The molecule has 4 nitrogen and oxygen atoms in total. The normalized spacial score (nSPS) is 11.4. The molecule has 0 aromatic heterocycles. The lowest BCUT2D eigenvalue weighted by Gasteiger charge is -2.13. The average Bonchev–Trinajstić information content (AvgIpc) is 2.60. The van der Waals surface area contributed by atoms with Crippen LogP contribution in [0.3, 0.4) is 0 Å². The number of methoxy groups -OCH3 is 2. The van der Waals surface area contributed by atoms with Gasteiger partial charge in [0.2, 0.25) is 9.84 Å². The van der Waals surface area contributed by atoms with Gasteiger partial charge in [-0.25, -0.2) is 8.42 Å². The zero-order chi connectivity index (χ0) is 16.4. The van der Waals surface area contributed by atoms with Gasteiger partial charge in [0.25, 0.3) is 0 Å². The minimum Gasteiger partial charge on any atom is -0.497 e. The molecule has 0 heterocycles.